The van der Waals surface area contributed by atoms with Gasteiger partial charge in [-0.15, -0.1) is 11.8 Å². The summed E-state index contributed by atoms with van der Waals surface area (Å²) in [6, 6.07) is 37.3. The minimum Gasteiger partial charge on any atom is -0.495 e. The van der Waals surface area contributed by atoms with Crippen molar-refractivity contribution in [1.29, 1.82) is 0 Å². The second kappa shape index (κ2) is 16.0. The molecule has 7 nitrogen and oxygen atoms in total. The second-order valence-corrected chi connectivity index (χ2v) is 12.1. The van der Waals surface area contributed by atoms with Crippen LogP contribution in [0.4, 0.5) is 11.4 Å². The average Bonchev–Trinajstić information content (AvgIpc) is 3.10. The maximum absolute atomic E-state index is 13.6. The fourth-order valence-electron chi connectivity index (χ4n) is 4.53. The number of thioether (sulfide) groups is 1. The Kier molecular flexibility index (Phi) is 11.4. The van der Waals surface area contributed by atoms with Crippen LogP contribution in [0, 0.1) is 0 Å². The van der Waals surface area contributed by atoms with Crippen LogP contribution in [0.15, 0.2) is 138 Å². The van der Waals surface area contributed by atoms with Crippen molar-refractivity contribution in [1.82, 2.24) is 5.32 Å². The summed E-state index contributed by atoms with van der Waals surface area (Å²) < 4.78 is 5.40. The molecule has 0 fully saturated rings. The van der Waals surface area contributed by atoms with Crippen molar-refractivity contribution in [2.24, 2.45) is 0 Å². The van der Waals surface area contributed by atoms with Crippen LogP contribution in [0.5, 0.6) is 5.75 Å². The summed E-state index contributed by atoms with van der Waals surface area (Å²) >= 11 is 13.9. The zero-order chi connectivity index (χ0) is 33.2. The van der Waals surface area contributed by atoms with Crippen LogP contribution in [-0.2, 0) is 9.59 Å². The van der Waals surface area contributed by atoms with Crippen LogP contribution < -0.4 is 20.7 Å². The molecular weight excluding hydrogens is 653 g/mol. The number of methoxy groups -OCH3 is 1. The Bertz CT molecular complexity index is 1900. The van der Waals surface area contributed by atoms with E-state index in [0.717, 1.165) is 10.5 Å². The number of rotatable bonds is 11. The van der Waals surface area contributed by atoms with E-state index in [1.54, 1.807) is 79.9 Å². The molecule has 3 amide bonds. The molecule has 0 aliphatic carbocycles. The number of amides is 3. The first-order valence-corrected chi connectivity index (χ1v) is 16.0. The van der Waals surface area contributed by atoms with Gasteiger partial charge in [0.15, 0.2) is 0 Å². The van der Waals surface area contributed by atoms with Crippen LogP contribution in [0.25, 0.3) is 6.08 Å². The van der Waals surface area contributed by atoms with E-state index in [-0.39, 0.29) is 16.6 Å². The van der Waals surface area contributed by atoms with E-state index >= 15 is 0 Å². The number of ether oxygens (including phenoxy) is 1. The van der Waals surface area contributed by atoms with Crippen molar-refractivity contribution in [3.05, 3.63) is 160 Å². The molecular formula is C37H29Cl2N3O4S. The van der Waals surface area contributed by atoms with Gasteiger partial charge in [-0.2, -0.15) is 0 Å². The van der Waals surface area contributed by atoms with E-state index in [9.17, 15) is 14.4 Å². The number of nitrogens with one attached hydrogen (secondary N) is 3. The van der Waals surface area contributed by atoms with E-state index in [4.69, 9.17) is 27.9 Å². The molecule has 5 rings (SSSR count). The number of hydrogen-bond acceptors (Lipinski definition) is 5. The number of anilines is 2. The average molecular weight is 683 g/mol. The molecule has 5 aromatic carbocycles. The smallest absolute Gasteiger partial charge is 0.272 e. The molecule has 0 aliphatic heterocycles. The lowest BCUT2D eigenvalue weighted by molar-refractivity contribution is -0.116. The highest BCUT2D eigenvalue weighted by molar-refractivity contribution is 8.00. The lowest BCUT2D eigenvalue weighted by Crippen LogP contribution is -2.30. The van der Waals surface area contributed by atoms with Crippen LogP contribution in [0.3, 0.4) is 0 Å². The lowest BCUT2D eigenvalue weighted by Gasteiger charge is -2.18. The molecule has 236 valence electrons. The van der Waals surface area contributed by atoms with Crippen LogP contribution in [0.1, 0.15) is 26.7 Å². The fraction of sp³-hybridized carbons (Fsp3) is 0.0541. The van der Waals surface area contributed by atoms with E-state index in [1.165, 1.54) is 17.8 Å². The molecule has 0 spiro atoms. The summed E-state index contributed by atoms with van der Waals surface area (Å²) in [6.45, 7) is 0. The summed E-state index contributed by atoms with van der Waals surface area (Å²) in [4.78, 5) is 40.8. The zero-order valence-electron chi connectivity index (χ0n) is 25.1. The third kappa shape index (κ3) is 8.83. The number of para-hydroxylation sites is 2. The second-order valence-electron chi connectivity index (χ2n) is 10.1. The molecule has 10 heteroatoms. The van der Waals surface area contributed by atoms with Crippen molar-refractivity contribution < 1.29 is 19.1 Å². The first kappa shape index (κ1) is 33.3. The molecule has 0 radical (unpaired) electrons. The van der Waals surface area contributed by atoms with Crippen molar-refractivity contribution in [3.63, 3.8) is 0 Å². The Morgan fingerprint density at radius 2 is 1.40 bits per heavy atom. The molecule has 0 heterocycles. The summed E-state index contributed by atoms with van der Waals surface area (Å²) in [7, 11) is 1.55. The quantitative estimate of drug-likeness (QED) is 0.0956. The van der Waals surface area contributed by atoms with Crippen LogP contribution in [-0.4, -0.2) is 24.8 Å². The molecule has 0 saturated heterocycles. The van der Waals surface area contributed by atoms with E-state index in [0.29, 0.717) is 33.3 Å². The molecule has 0 bridgehead atoms. The van der Waals surface area contributed by atoms with Crippen molar-refractivity contribution in [2.75, 3.05) is 17.7 Å². The highest BCUT2D eigenvalue weighted by Gasteiger charge is 2.23. The number of halogens is 2. The van der Waals surface area contributed by atoms with Gasteiger partial charge < -0.3 is 20.7 Å². The van der Waals surface area contributed by atoms with Gasteiger partial charge in [-0.05, 0) is 71.8 Å². The number of carbonyl (C=O) groups is 3. The molecule has 3 N–H and O–H groups in total. The molecule has 5 aromatic rings. The Balaban J connectivity index is 1.35. The predicted molar refractivity (Wildman–Crippen MR) is 190 cm³/mol. The SMILES string of the molecule is COc1ccccc1NC(=O)C(Sc1ccc(NC(=O)/C(=C/c2cccc(Cl)c2Cl)NC(=O)c2ccccc2)cc1)c1ccccc1. The first-order valence-electron chi connectivity index (χ1n) is 14.4. The number of hydrogen-bond donors (Lipinski definition) is 3. The molecule has 0 saturated carbocycles. The summed E-state index contributed by atoms with van der Waals surface area (Å²) in [5, 5.41) is 8.50. The molecule has 1 unspecified atom stereocenters. The van der Waals surface area contributed by atoms with Gasteiger partial charge in [0, 0.05) is 16.1 Å². The maximum Gasteiger partial charge on any atom is 0.272 e. The van der Waals surface area contributed by atoms with Crippen molar-refractivity contribution in [2.45, 2.75) is 10.1 Å². The summed E-state index contributed by atoms with van der Waals surface area (Å²) in [5.41, 5.74) is 2.69. The molecule has 1 atom stereocenters. The molecule has 0 aromatic heterocycles. The highest BCUT2D eigenvalue weighted by Crippen LogP contribution is 2.37. The maximum atomic E-state index is 13.6. The molecule has 0 aliphatic rings. The van der Waals surface area contributed by atoms with Crippen molar-refractivity contribution in [3.8, 4) is 5.75 Å². The van der Waals surface area contributed by atoms with Gasteiger partial charge in [0.2, 0.25) is 5.91 Å². The van der Waals surface area contributed by atoms with E-state index < -0.39 is 17.1 Å². The minimum absolute atomic E-state index is 0.0291. The van der Waals surface area contributed by atoms with Gasteiger partial charge in [-0.25, -0.2) is 0 Å². The van der Waals surface area contributed by atoms with Gasteiger partial charge in [0.1, 0.15) is 16.7 Å². The van der Waals surface area contributed by atoms with Gasteiger partial charge in [-0.3, -0.25) is 14.4 Å². The van der Waals surface area contributed by atoms with Gasteiger partial charge in [0.25, 0.3) is 11.8 Å². The Morgan fingerprint density at radius 1 is 0.745 bits per heavy atom. The summed E-state index contributed by atoms with van der Waals surface area (Å²) in [5.74, 6) is -0.685. The number of benzene rings is 5. The van der Waals surface area contributed by atoms with E-state index in [1.807, 2.05) is 54.6 Å². The van der Waals surface area contributed by atoms with Crippen molar-refractivity contribution >= 4 is 70.1 Å². The Hall–Kier alpha value is -5.02. The lowest BCUT2D eigenvalue weighted by atomic mass is 10.1. The van der Waals surface area contributed by atoms with Gasteiger partial charge in [0.05, 0.1) is 22.8 Å². The Morgan fingerprint density at radius 3 is 2.11 bits per heavy atom. The third-order valence-electron chi connectivity index (χ3n) is 6.88. The van der Waals surface area contributed by atoms with E-state index in [2.05, 4.69) is 16.0 Å². The first-order chi connectivity index (χ1) is 22.8. The minimum atomic E-state index is -0.577. The predicted octanol–water partition coefficient (Wildman–Crippen LogP) is 8.88. The monoisotopic (exact) mass is 681 g/mol. The third-order valence-corrected chi connectivity index (χ3v) is 8.98. The topological polar surface area (TPSA) is 96.5 Å². The van der Waals surface area contributed by atoms with Gasteiger partial charge >= 0.3 is 0 Å². The Labute approximate surface area is 287 Å². The zero-order valence-corrected chi connectivity index (χ0v) is 27.4. The fourth-order valence-corrected chi connectivity index (χ4v) is 5.92. The standard InChI is InChI=1S/C37H29Cl2N3O4S/c1-46-32-18-9-8-17-30(32)41-37(45)34(24-11-4-2-5-12-24)47-28-21-19-27(20-22-28)40-36(44)31(23-26-15-10-16-29(38)33(26)39)42-35(43)25-13-6-3-7-14-25/h2-23,34H,1H3,(H,40,44)(H,41,45)(H,42,43)/b31-23-. The van der Waals surface area contributed by atoms with Crippen LogP contribution >= 0.6 is 35.0 Å². The highest BCUT2D eigenvalue weighted by atomic mass is 35.5. The number of carbonyl (C=O) groups excluding carboxylic acids is 3. The summed E-state index contributed by atoms with van der Waals surface area (Å²) in [6.07, 6.45) is 1.47. The normalized spacial score (nSPS) is 11.7. The van der Waals surface area contributed by atoms with Crippen LogP contribution in [0.2, 0.25) is 10.0 Å². The van der Waals surface area contributed by atoms with Gasteiger partial charge in [-0.1, -0.05) is 96.0 Å². The largest absolute Gasteiger partial charge is 0.495 e. The molecule has 47 heavy (non-hydrogen) atoms.